The standard InChI is InChI=1S/C16H26N2O/c1-10-7-13(17)8-11(2)15(10)18-14(19)9-12(3)16(4,5)6/h7-8,12H,9,17H2,1-6H3,(H,18,19). The van der Waals surface area contributed by atoms with Gasteiger partial charge in [-0.05, 0) is 48.4 Å². The number of hydrogen-bond acceptors (Lipinski definition) is 2. The van der Waals surface area contributed by atoms with Crippen LogP contribution in [0, 0.1) is 25.2 Å². The number of nitrogen functional groups attached to an aromatic ring is 1. The summed E-state index contributed by atoms with van der Waals surface area (Å²) in [5.41, 5.74) is 9.56. The van der Waals surface area contributed by atoms with Crippen molar-refractivity contribution in [3.63, 3.8) is 0 Å². The van der Waals surface area contributed by atoms with Gasteiger partial charge in [-0.15, -0.1) is 0 Å². The average molecular weight is 262 g/mol. The van der Waals surface area contributed by atoms with E-state index in [1.807, 2.05) is 26.0 Å². The number of carbonyl (C=O) groups is 1. The number of benzene rings is 1. The lowest BCUT2D eigenvalue weighted by atomic mass is 9.80. The normalized spacial score (nSPS) is 13.2. The molecule has 0 aliphatic rings. The Bertz CT molecular complexity index is 449. The highest BCUT2D eigenvalue weighted by molar-refractivity contribution is 5.92. The van der Waals surface area contributed by atoms with Crippen molar-refractivity contribution in [2.45, 2.75) is 48.0 Å². The van der Waals surface area contributed by atoms with Gasteiger partial charge >= 0.3 is 0 Å². The average Bonchev–Trinajstić information content (AvgIpc) is 2.21. The zero-order valence-electron chi connectivity index (χ0n) is 12.9. The second-order valence-electron chi connectivity index (χ2n) is 6.55. The molecule has 0 saturated heterocycles. The lowest BCUT2D eigenvalue weighted by Crippen LogP contribution is -2.24. The van der Waals surface area contributed by atoms with Crippen LogP contribution in [0.15, 0.2) is 12.1 Å². The highest BCUT2D eigenvalue weighted by Crippen LogP contribution is 2.29. The van der Waals surface area contributed by atoms with Crippen molar-refractivity contribution >= 4 is 17.3 Å². The Labute approximate surface area is 116 Å². The van der Waals surface area contributed by atoms with Crippen LogP contribution in [0.2, 0.25) is 0 Å². The highest BCUT2D eigenvalue weighted by Gasteiger charge is 2.22. The summed E-state index contributed by atoms with van der Waals surface area (Å²) in [5, 5.41) is 3.01. The second-order valence-corrected chi connectivity index (χ2v) is 6.55. The Morgan fingerprint density at radius 3 is 2.16 bits per heavy atom. The first kappa shape index (κ1) is 15.5. The molecule has 0 fully saturated rings. The van der Waals surface area contributed by atoms with Crippen LogP contribution in [0.1, 0.15) is 45.2 Å². The Kier molecular flexibility index (Phi) is 4.61. The van der Waals surface area contributed by atoms with Gasteiger partial charge in [0.1, 0.15) is 0 Å². The van der Waals surface area contributed by atoms with Gasteiger partial charge in [-0.25, -0.2) is 0 Å². The number of nitrogens with one attached hydrogen (secondary N) is 1. The number of anilines is 2. The van der Waals surface area contributed by atoms with Gasteiger partial charge in [0.2, 0.25) is 5.91 Å². The molecule has 0 spiro atoms. The Hall–Kier alpha value is -1.51. The molecule has 1 amide bonds. The molecule has 0 radical (unpaired) electrons. The summed E-state index contributed by atoms with van der Waals surface area (Å²) in [7, 11) is 0. The van der Waals surface area contributed by atoms with Gasteiger partial charge in [0.15, 0.2) is 0 Å². The Balaban J connectivity index is 2.79. The predicted molar refractivity (Wildman–Crippen MR) is 82.2 cm³/mol. The Morgan fingerprint density at radius 2 is 1.74 bits per heavy atom. The lowest BCUT2D eigenvalue weighted by Gasteiger charge is -2.26. The molecule has 106 valence electrons. The van der Waals surface area contributed by atoms with Gasteiger partial charge in [0.25, 0.3) is 0 Å². The topological polar surface area (TPSA) is 55.1 Å². The molecule has 0 aliphatic carbocycles. The fourth-order valence-electron chi connectivity index (χ4n) is 1.97. The van der Waals surface area contributed by atoms with Crippen molar-refractivity contribution in [3.8, 4) is 0 Å². The van der Waals surface area contributed by atoms with Gasteiger partial charge < -0.3 is 11.1 Å². The van der Waals surface area contributed by atoms with E-state index in [-0.39, 0.29) is 11.3 Å². The maximum absolute atomic E-state index is 12.1. The van der Waals surface area contributed by atoms with Crippen LogP contribution in [-0.4, -0.2) is 5.91 Å². The molecular formula is C16H26N2O. The van der Waals surface area contributed by atoms with Crippen molar-refractivity contribution < 1.29 is 4.79 Å². The molecule has 3 nitrogen and oxygen atoms in total. The molecule has 1 rings (SSSR count). The quantitative estimate of drug-likeness (QED) is 0.812. The molecule has 3 N–H and O–H groups in total. The fraction of sp³-hybridized carbons (Fsp3) is 0.562. The van der Waals surface area contributed by atoms with E-state index in [0.29, 0.717) is 12.3 Å². The summed E-state index contributed by atoms with van der Waals surface area (Å²) in [5.74, 6) is 0.403. The third-order valence-electron chi connectivity index (χ3n) is 3.79. The molecule has 19 heavy (non-hydrogen) atoms. The molecule has 1 aromatic carbocycles. The first-order valence-corrected chi connectivity index (χ1v) is 6.78. The van der Waals surface area contributed by atoms with Gasteiger partial charge in [-0.3, -0.25) is 4.79 Å². The van der Waals surface area contributed by atoms with E-state index in [0.717, 1.165) is 22.5 Å². The van der Waals surface area contributed by atoms with E-state index in [4.69, 9.17) is 5.73 Å². The molecule has 1 aromatic rings. The van der Waals surface area contributed by atoms with Crippen molar-refractivity contribution in [2.75, 3.05) is 11.1 Å². The summed E-state index contributed by atoms with van der Waals surface area (Å²) < 4.78 is 0. The number of hydrogen-bond donors (Lipinski definition) is 2. The first-order chi connectivity index (χ1) is 8.61. The summed E-state index contributed by atoms with van der Waals surface area (Å²) in [6.07, 6.45) is 0.534. The van der Waals surface area contributed by atoms with Crippen LogP contribution >= 0.6 is 0 Å². The monoisotopic (exact) mass is 262 g/mol. The van der Waals surface area contributed by atoms with Crippen molar-refractivity contribution in [2.24, 2.45) is 11.3 Å². The largest absolute Gasteiger partial charge is 0.399 e. The molecule has 1 atom stereocenters. The summed E-state index contributed by atoms with van der Waals surface area (Å²) in [6, 6.07) is 3.77. The zero-order chi connectivity index (χ0) is 14.8. The van der Waals surface area contributed by atoms with Crippen LogP contribution in [0.3, 0.4) is 0 Å². The summed E-state index contributed by atoms with van der Waals surface area (Å²) >= 11 is 0. The van der Waals surface area contributed by atoms with Crippen LogP contribution in [0.4, 0.5) is 11.4 Å². The molecule has 0 aliphatic heterocycles. The molecule has 3 heteroatoms. The summed E-state index contributed by atoms with van der Waals surface area (Å²) in [4.78, 5) is 12.1. The maximum atomic E-state index is 12.1. The van der Waals surface area contributed by atoms with Crippen molar-refractivity contribution in [1.82, 2.24) is 0 Å². The highest BCUT2D eigenvalue weighted by atomic mass is 16.1. The SMILES string of the molecule is Cc1cc(N)cc(C)c1NC(=O)CC(C)C(C)(C)C. The fourth-order valence-corrected chi connectivity index (χ4v) is 1.97. The van der Waals surface area contributed by atoms with E-state index in [1.54, 1.807) is 0 Å². The van der Waals surface area contributed by atoms with Crippen LogP contribution in [0.25, 0.3) is 0 Å². The lowest BCUT2D eigenvalue weighted by molar-refractivity contribution is -0.117. The van der Waals surface area contributed by atoms with E-state index in [1.165, 1.54) is 0 Å². The molecule has 0 heterocycles. The number of carbonyl (C=O) groups excluding carboxylic acids is 1. The number of aryl methyl sites for hydroxylation is 2. The van der Waals surface area contributed by atoms with Gasteiger partial charge in [-0.2, -0.15) is 0 Å². The zero-order valence-corrected chi connectivity index (χ0v) is 12.9. The molecule has 1 unspecified atom stereocenters. The van der Waals surface area contributed by atoms with Crippen molar-refractivity contribution in [1.29, 1.82) is 0 Å². The first-order valence-electron chi connectivity index (χ1n) is 6.78. The van der Waals surface area contributed by atoms with Gasteiger partial charge in [-0.1, -0.05) is 27.7 Å². The third-order valence-corrected chi connectivity index (χ3v) is 3.79. The van der Waals surface area contributed by atoms with E-state index < -0.39 is 0 Å². The number of amides is 1. The molecule has 0 aromatic heterocycles. The molecular weight excluding hydrogens is 236 g/mol. The second kappa shape index (κ2) is 5.64. The van der Waals surface area contributed by atoms with E-state index in [9.17, 15) is 4.79 Å². The Morgan fingerprint density at radius 1 is 1.26 bits per heavy atom. The smallest absolute Gasteiger partial charge is 0.224 e. The minimum atomic E-state index is 0.0680. The minimum absolute atomic E-state index is 0.0680. The van der Waals surface area contributed by atoms with Crippen molar-refractivity contribution in [3.05, 3.63) is 23.3 Å². The predicted octanol–water partition coefficient (Wildman–Crippen LogP) is 3.90. The molecule has 0 saturated carbocycles. The summed E-state index contributed by atoms with van der Waals surface area (Å²) in [6.45, 7) is 12.5. The van der Waals surface area contributed by atoms with E-state index in [2.05, 4.69) is 33.0 Å². The van der Waals surface area contributed by atoms with E-state index >= 15 is 0 Å². The third kappa shape index (κ3) is 4.27. The van der Waals surface area contributed by atoms with Crippen LogP contribution in [0.5, 0.6) is 0 Å². The minimum Gasteiger partial charge on any atom is -0.399 e. The van der Waals surface area contributed by atoms with Crippen LogP contribution < -0.4 is 11.1 Å². The maximum Gasteiger partial charge on any atom is 0.224 e. The van der Waals surface area contributed by atoms with Crippen LogP contribution in [-0.2, 0) is 4.79 Å². The number of nitrogens with two attached hydrogens (primary N) is 1. The number of rotatable bonds is 3. The van der Waals surface area contributed by atoms with Gasteiger partial charge in [0.05, 0.1) is 0 Å². The molecule has 0 bridgehead atoms. The van der Waals surface area contributed by atoms with Gasteiger partial charge in [0, 0.05) is 17.8 Å².